The zero-order valence-electron chi connectivity index (χ0n) is 31.2. The summed E-state index contributed by atoms with van der Waals surface area (Å²) in [5.41, 5.74) is 13.8. The van der Waals surface area contributed by atoms with Gasteiger partial charge < -0.3 is 13.7 Å². The molecule has 58 heavy (non-hydrogen) atoms. The van der Waals surface area contributed by atoms with E-state index >= 15 is 0 Å². The van der Waals surface area contributed by atoms with Crippen LogP contribution in [0.15, 0.2) is 209 Å². The molecule has 0 N–H and O–H groups in total. The summed E-state index contributed by atoms with van der Waals surface area (Å²) in [6.07, 6.45) is 0. The Kier molecular flexibility index (Phi) is 7.40. The Morgan fingerprint density at radius 1 is 0.276 bits per heavy atom. The van der Waals surface area contributed by atoms with Crippen molar-refractivity contribution < 1.29 is 8.83 Å². The minimum atomic E-state index is 0.897. The molecule has 0 aliphatic carbocycles. The van der Waals surface area contributed by atoms with Crippen LogP contribution in [-0.2, 0) is 0 Å². The zero-order valence-corrected chi connectivity index (χ0v) is 32.0. The van der Waals surface area contributed by atoms with Gasteiger partial charge >= 0.3 is 0 Å². The molecule has 0 atom stereocenters. The molecule has 12 aromatic rings. The molecular weight excluding hydrogens is 727 g/mol. The molecule has 0 aliphatic heterocycles. The van der Waals surface area contributed by atoms with Gasteiger partial charge in [0.15, 0.2) is 0 Å². The monoisotopic (exact) mass is 759 g/mol. The first kappa shape index (κ1) is 32.8. The molecule has 12 rings (SSSR count). The molecule has 0 bridgehead atoms. The van der Waals surface area contributed by atoms with Crippen molar-refractivity contribution in [3.63, 3.8) is 0 Å². The number of thiophene rings is 1. The van der Waals surface area contributed by atoms with Gasteiger partial charge in [-0.15, -0.1) is 11.3 Å². The summed E-state index contributed by atoms with van der Waals surface area (Å²) < 4.78 is 14.9. The van der Waals surface area contributed by atoms with Crippen LogP contribution in [0.5, 0.6) is 0 Å². The highest BCUT2D eigenvalue weighted by Gasteiger charge is 2.17. The van der Waals surface area contributed by atoms with Gasteiger partial charge in [-0.25, -0.2) is 0 Å². The molecule has 3 nitrogen and oxygen atoms in total. The van der Waals surface area contributed by atoms with E-state index in [1.54, 1.807) is 0 Å². The molecule has 0 unspecified atom stereocenters. The van der Waals surface area contributed by atoms with Crippen molar-refractivity contribution in [2.45, 2.75) is 0 Å². The highest BCUT2D eigenvalue weighted by Crippen LogP contribution is 2.42. The van der Waals surface area contributed by atoms with Crippen molar-refractivity contribution in [2.75, 3.05) is 4.90 Å². The van der Waals surface area contributed by atoms with Crippen molar-refractivity contribution in [1.29, 1.82) is 0 Å². The molecule has 0 radical (unpaired) electrons. The molecule has 272 valence electrons. The summed E-state index contributed by atoms with van der Waals surface area (Å²) in [7, 11) is 0. The van der Waals surface area contributed by atoms with Crippen LogP contribution in [0, 0.1) is 0 Å². The third kappa shape index (κ3) is 5.42. The molecule has 0 amide bonds. The second kappa shape index (κ2) is 13.1. The quantitative estimate of drug-likeness (QED) is 0.169. The fourth-order valence-corrected chi connectivity index (χ4v) is 9.70. The van der Waals surface area contributed by atoms with Crippen LogP contribution in [0.2, 0.25) is 0 Å². The van der Waals surface area contributed by atoms with Gasteiger partial charge in [-0.05, 0) is 124 Å². The lowest BCUT2D eigenvalue weighted by Crippen LogP contribution is -2.10. The molecule has 3 heterocycles. The summed E-state index contributed by atoms with van der Waals surface area (Å²) in [5, 5.41) is 7.11. The summed E-state index contributed by atoms with van der Waals surface area (Å²) in [6.45, 7) is 0. The van der Waals surface area contributed by atoms with Crippen molar-refractivity contribution in [3.05, 3.63) is 200 Å². The molecule has 0 spiro atoms. The van der Waals surface area contributed by atoms with Crippen LogP contribution in [0.25, 0.3) is 97.4 Å². The SMILES string of the molecule is c1cc(-c2ccc3oc4ccccc4c3c2)cc(N(c2ccc(-c3ccc4oc5ccccc5c4c3)cc2)c2cccc(-c3ccc4sc5ccccc5c4c3)c2)c1. The van der Waals surface area contributed by atoms with Crippen molar-refractivity contribution in [2.24, 2.45) is 0 Å². The molecular formula is C54H33NO2S. The summed E-state index contributed by atoms with van der Waals surface area (Å²) in [5.74, 6) is 0. The minimum absolute atomic E-state index is 0.897. The lowest BCUT2D eigenvalue weighted by atomic mass is 10.00. The van der Waals surface area contributed by atoms with Crippen LogP contribution < -0.4 is 4.90 Å². The number of nitrogens with zero attached hydrogens (tertiary/aromatic N) is 1. The minimum Gasteiger partial charge on any atom is -0.456 e. The van der Waals surface area contributed by atoms with Crippen LogP contribution in [0.1, 0.15) is 0 Å². The number of rotatable bonds is 6. The molecule has 0 aliphatic rings. The van der Waals surface area contributed by atoms with E-state index in [1.807, 2.05) is 35.6 Å². The second-order valence-corrected chi connectivity index (χ2v) is 16.0. The van der Waals surface area contributed by atoms with Gasteiger partial charge in [0, 0.05) is 58.8 Å². The Morgan fingerprint density at radius 2 is 0.724 bits per heavy atom. The maximum absolute atomic E-state index is 6.17. The third-order valence-corrected chi connectivity index (χ3v) is 12.6. The standard InChI is InChI=1S/C54H33NO2S/c1-4-16-49-43(13-1)46-31-37(21-26-51(46)56-49)34-19-24-40(25-20-34)55(41-11-7-9-35(29-41)38-22-27-52-47(32-38)44-14-2-5-17-50(44)57-52)42-12-8-10-36(30-42)39-23-28-54-48(33-39)45-15-3-6-18-53(45)58-54/h1-33H. The molecule has 0 saturated carbocycles. The van der Waals surface area contributed by atoms with Gasteiger partial charge in [0.1, 0.15) is 22.3 Å². The van der Waals surface area contributed by atoms with Crippen molar-refractivity contribution >= 4 is 92.4 Å². The van der Waals surface area contributed by atoms with E-state index in [9.17, 15) is 0 Å². The van der Waals surface area contributed by atoms with E-state index in [1.165, 1.54) is 31.3 Å². The summed E-state index contributed by atoms with van der Waals surface area (Å²) in [4.78, 5) is 2.37. The largest absolute Gasteiger partial charge is 0.456 e. The maximum Gasteiger partial charge on any atom is 0.135 e. The van der Waals surface area contributed by atoms with Gasteiger partial charge in [0.2, 0.25) is 0 Å². The highest BCUT2D eigenvalue weighted by molar-refractivity contribution is 7.25. The first-order chi connectivity index (χ1) is 28.7. The van der Waals surface area contributed by atoms with Crippen LogP contribution >= 0.6 is 11.3 Å². The van der Waals surface area contributed by atoms with Crippen LogP contribution in [-0.4, -0.2) is 0 Å². The number of furan rings is 2. The van der Waals surface area contributed by atoms with Crippen LogP contribution in [0.3, 0.4) is 0 Å². The lowest BCUT2D eigenvalue weighted by Gasteiger charge is -2.27. The third-order valence-electron chi connectivity index (χ3n) is 11.5. The molecule has 0 saturated heterocycles. The number of benzene rings is 9. The highest BCUT2D eigenvalue weighted by atomic mass is 32.1. The molecule has 4 heteroatoms. The Morgan fingerprint density at radius 3 is 1.34 bits per heavy atom. The Labute approximate surface area is 338 Å². The van der Waals surface area contributed by atoms with E-state index in [-0.39, 0.29) is 0 Å². The number of fused-ring (bicyclic) bond motifs is 9. The fourth-order valence-electron chi connectivity index (χ4n) is 8.62. The normalized spacial score (nSPS) is 11.8. The Balaban J connectivity index is 0.978. The van der Waals surface area contributed by atoms with Gasteiger partial charge in [-0.3, -0.25) is 0 Å². The average Bonchev–Trinajstić information content (AvgIpc) is 3.97. The topological polar surface area (TPSA) is 29.5 Å². The number of para-hydroxylation sites is 2. The second-order valence-electron chi connectivity index (χ2n) is 14.9. The molecule has 0 fully saturated rings. The van der Waals surface area contributed by atoms with Crippen molar-refractivity contribution in [1.82, 2.24) is 0 Å². The first-order valence-corrected chi connectivity index (χ1v) is 20.4. The predicted molar refractivity (Wildman–Crippen MR) is 245 cm³/mol. The summed E-state index contributed by atoms with van der Waals surface area (Å²) in [6, 6.07) is 71.8. The fraction of sp³-hybridized carbons (Fsp3) is 0. The molecule has 9 aromatic carbocycles. The summed E-state index contributed by atoms with van der Waals surface area (Å²) >= 11 is 1.85. The number of hydrogen-bond acceptors (Lipinski definition) is 4. The predicted octanol–water partition coefficient (Wildman–Crippen LogP) is 16.3. The van der Waals surface area contributed by atoms with E-state index in [4.69, 9.17) is 8.83 Å². The zero-order chi connectivity index (χ0) is 38.2. The van der Waals surface area contributed by atoms with E-state index < -0.39 is 0 Å². The smallest absolute Gasteiger partial charge is 0.135 e. The van der Waals surface area contributed by atoms with Gasteiger partial charge in [0.05, 0.1) is 0 Å². The first-order valence-electron chi connectivity index (χ1n) is 19.6. The average molecular weight is 760 g/mol. The van der Waals surface area contributed by atoms with Gasteiger partial charge in [-0.2, -0.15) is 0 Å². The van der Waals surface area contributed by atoms with E-state index in [2.05, 4.69) is 181 Å². The molecule has 3 aromatic heterocycles. The van der Waals surface area contributed by atoms with Gasteiger partial charge in [-0.1, -0.05) is 109 Å². The van der Waals surface area contributed by atoms with Crippen LogP contribution in [0.4, 0.5) is 17.1 Å². The lowest BCUT2D eigenvalue weighted by molar-refractivity contribution is 0.668. The van der Waals surface area contributed by atoms with Gasteiger partial charge in [0.25, 0.3) is 0 Å². The number of anilines is 3. The number of hydrogen-bond donors (Lipinski definition) is 0. The Bertz CT molecular complexity index is 3380. The maximum atomic E-state index is 6.17. The van der Waals surface area contributed by atoms with E-state index in [0.717, 1.165) is 83.2 Å². The van der Waals surface area contributed by atoms with Crippen molar-refractivity contribution in [3.8, 4) is 33.4 Å². The Hall–Kier alpha value is -7.40. The van der Waals surface area contributed by atoms with E-state index in [0.29, 0.717) is 0 Å².